The SMILES string of the molecule is CN(CC(N)=O)S(=O)(=O)c1ccc(Br)cc1Br. The lowest BCUT2D eigenvalue weighted by atomic mass is 10.4. The molecule has 0 radical (unpaired) electrons. The van der Waals surface area contributed by atoms with Gasteiger partial charge in [0.15, 0.2) is 0 Å². The van der Waals surface area contributed by atoms with Crippen LogP contribution in [0.15, 0.2) is 32.0 Å². The van der Waals surface area contributed by atoms with E-state index >= 15 is 0 Å². The average Bonchev–Trinajstić information content (AvgIpc) is 2.15. The Morgan fingerprint density at radius 1 is 1.41 bits per heavy atom. The fourth-order valence-corrected chi connectivity index (χ4v) is 4.00. The maximum Gasteiger partial charge on any atom is 0.244 e. The number of hydrogen-bond acceptors (Lipinski definition) is 3. The van der Waals surface area contributed by atoms with Crippen LogP contribution >= 0.6 is 31.9 Å². The molecule has 0 fully saturated rings. The maximum atomic E-state index is 12.1. The molecular weight excluding hydrogens is 376 g/mol. The van der Waals surface area contributed by atoms with Crippen LogP contribution in [-0.2, 0) is 14.8 Å². The summed E-state index contributed by atoms with van der Waals surface area (Å²) in [4.78, 5) is 10.8. The summed E-state index contributed by atoms with van der Waals surface area (Å²) in [5.74, 6) is -0.704. The number of halogens is 2. The zero-order valence-electron chi connectivity index (χ0n) is 8.85. The Balaban J connectivity index is 3.17. The van der Waals surface area contributed by atoms with Crippen LogP contribution in [0.3, 0.4) is 0 Å². The zero-order valence-corrected chi connectivity index (χ0v) is 12.8. The molecular formula is C9H10Br2N2O3S. The van der Waals surface area contributed by atoms with Gasteiger partial charge in [-0.15, -0.1) is 0 Å². The minimum absolute atomic E-state index is 0.0875. The highest BCUT2D eigenvalue weighted by Gasteiger charge is 2.24. The van der Waals surface area contributed by atoms with Gasteiger partial charge in [-0.3, -0.25) is 4.79 Å². The van der Waals surface area contributed by atoms with E-state index in [4.69, 9.17) is 5.73 Å². The van der Waals surface area contributed by atoms with Crippen molar-refractivity contribution in [2.45, 2.75) is 4.90 Å². The number of benzene rings is 1. The molecule has 0 atom stereocenters. The summed E-state index contributed by atoms with van der Waals surface area (Å²) in [6.07, 6.45) is 0. The number of nitrogens with zero attached hydrogens (tertiary/aromatic N) is 1. The zero-order chi connectivity index (χ0) is 13.2. The third kappa shape index (κ3) is 3.51. The van der Waals surface area contributed by atoms with Gasteiger partial charge in [-0.05, 0) is 34.1 Å². The predicted octanol–water partition coefficient (Wildman–Crippen LogP) is 1.32. The number of carbonyl (C=O) groups is 1. The molecule has 8 heteroatoms. The van der Waals surface area contributed by atoms with Gasteiger partial charge in [-0.2, -0.15) is 4.31 Å². The molecule has 1 aromatic rings. The van der Waals surface area contributed by atoms with Gasteiger partial charge in [0.2, 0.25) is 15.9 Å². The summed E-state index contributed by atoms with van der Waals surface area (Å²) >= 11 is 6.39. The van der Waals surface area contributed by atoms with E-state index in [2.05, 4.69) is 31.9 Å². The van der Waals surface area contributed by atoms with Crippen molar-refractivity contribution in [2.75, 3.05) is 13.6 Å². The third-order valence-corrected chi connectivity index (χ3v) is 5.23. The molecule has 0 saturated carbocycles. The molecule has 5 nitrogen and oxygen atoms in total. The number of sulfonamides is 1. The second kappa shape index (κ2) is 5.47. The van der Waals surface area contributed by atoms with Crippen LogP contribution in [0.5, 0.6) is 0 Å². The van der Waals surface area contributed by atoms with E-state index in [0.29, 0.717) is 4.47 Å². The molecule has 0 aliphatic carbocycles. The quantitative estimate of drug-likeness (QED) is 0.848. The lowest BCUT2D eigenvalue weighted by molar-refractivity contribution is -0.118. The first kappa shape index (κ1) is 14.6. The Labute approximate surface area is 116 Å². The number of primary amides is 1. The van der Waals surface area contributed by atoms with E-state index in [1.54, 1.807) is 12.1 Å². The molecule has 0 aliphatic rings. The van der Waals surface area contributed by atoms with E-state index < -0.39 is 15.9 Å². The van der Waals surface area contributed by atoms with Crippen LogP contribution < -0.4 is 5.73 Å². The third-order valence-electron chi connectivity index (χ3n) is 1.96. The number of nitrogens with two attached hydrogens (primary N) is 1. The van der Waals surface area contributed by atoms with Crippen molar-refractivity contribution in [2.24, 2.45) is 5.73 Å². The van der Waals surface area contributed by atoms with Gasteiger partial charge >= 0.3 is 0 Å². The largest absolute Gasteiger partial charge is 0.369 e. The lowest BCUT2D eigenvalue weighted by Gasteiger charge is -2.16. The van der Waals surface area contributed by atoms with E-state index in [9.17, 15) is 13.2 Å². The first-order chi connectivity index (χ1) is 7.75. The van der Waals surface area contributed by atoms with Gasteiger partial charge in [-0.1, -0.05) is 15.9 Å². The number of rotatable bonds is 4. The number of amides is 1. The second-order valence-electron chi connectivity index (χ2n) is 3.30. The lowest BCUT2D eigenvalue weighted by Crippen LogP contribution is -2.35. The van der Waals surface area contributed by atoms with E-state index in [1.165, 1.54) is 13.1 Å². The molecule has 94 valence electrons. The van der Waals surface area contributed by atoms with Crippen molar-refractivity contribution in [3.05, 3.63) is 27.1 Å². The summed E-state index contributed by atoms with van der Waals surface area (Å²) in [5.41, 5.74) is 4.97. The normalized spacial score (nSPS) is 11.8. The summed E-state index contributed by atoms with van der Waals surface area (Å²) < 4.78 is 26.2. The minimum atomic E-state index is -3.72. The Morgan fingerprint density at radius 2 is 2.00 bits per heavy atom. The minimum Gasteiger partial charge on any atom is -0.369 e. The predicted molar refractivity (Wildman–Crippen MR) is 70.9 cm³/mol. The van der Waals surface area contributed by atoms with E-state index in [1.807, 2.05) is 0 Å². The van der Waals surface area contributed by atoms with E-state index in [-0.39, 0.29) is 11.4 Å². The standard InChI is InChI=1S/C9H10Br2N2O3S/c1-13(5-9(12)14)17(15,16)8-3-2-6(10)4-7(8)11/h2-4H,5H2,1H3,(H2,12,14). The summed E-state index contributed by atoms with van der Waals surface area (Å²) in [6, 6.07) is 4.67. The summed E-state index contributed by atoms with van der Waals surface area (Å²) in [7, 11) is -2.42. The molecule has 0 heterocycles. The molecule has 17 heavy (non-hydrogen) atoms. The number of likely N-dealkylation sites (N-methyl/N-ethyl adjacent to an activating group) is 1. The highest BCUT2D eigenvalue weighted by molar-refractivity contribution is 9.11. The monoisotopic (exact) mass is 384 g/mol. The van der Waals surface area contributed by atoms with Crippen molar-refractivity contribution in [1.82, 2.24) is 4.31 Å². The molecule has 0 aromatic heterocycles. The highest BCUT2D eigenvalue weighted by Crippen LogP contribution is 2.27. The highest BCUT2D eigenvalue weighted by atomic mass is 79.9. The molecule has 0 bridgehead atoms. The number of carbonyl (C=O) groups excluding carboxylic acids is 1. The molecule has 0 unspecified atom stereocenters. The topological polar surface area (TPSA) is 80.5 Å². The van der Waals surface area contributed by atoms with Gasteiger partial charge in [-0.25, -0.2) is 8.42 Å². The van der Waals surface area contributed by atoms with Crippen LogP contribution in [0.4, 0.5) is 0 Å². The Kier molecular flexibility index (Phi) is 4.70. The van der Waals surface area contributed by atoms with Gasteiger partial charge in [0.25, 0.3) is 0 Å². The fourth-order valence-electron chi connectivity index (χ4n) is 1.16. The van der Waals surface area contributed by atoms with Crippen molar-refractivity contribution in [1.29, 1.82) is 0 Å². The van der Waals surface area contributed by atoms with Crippen molar-refractivity contribution < 1.29 is 13.2 Å². The summed E-state index contributed by atoms with van der Waals surface area (Å²) in [6.45, 7) is -0.356. The molecule has 2 N–H and O–H groups in total. The second-order valence-corrected chi connectivity index (χ2v) is 7.09. The smallest absolute Gasteiger partial charge is 0.244 e. The van der Waals surface area contributed by atoms with Gasteiger partial charge in [0, 0.05) is 16.0 Å². The molecule has 0 spiro atoms. The van der Waals surface area contributed by atoms with Crippen LogP contribution in [0, 0.1) is 0 Å². The van der Waals surface area contributed by atoms with Crippen LogP contribution in [0.25, 0.3) is 0 Å². The molecule has 0 aliphatic heterocycles. The molecule has 1 aromatic carbocycles. The van der Waals surface area contributed by atoms with E-state index in [0.717, 1.165) is 8.78 Å². The van der Waals surface area contributed by atoms with Gasteiger partial charge < -0.3 is 5.73 Å². The van der Waals surface area contributed by atoms with Gasteiger partial charge in [0.05, 0.1) is 11.4 Å². The molecule has 1 amide bonds. The summed E-state index contributed by atoms with van der Waals surface area (Å²) in [5, 5.41) is 0. The first-order valence-corrected chi connectivity index (χ1v) is 7.47. The molecule has 1 rings (SSSR count). The Hall–Kier alpha value is -0.440. The average molecular weight is 386 g/mol. The Morgan fingerprint density at radius 3 is 2.47 bits per heavy atom. The van der Waals surface area contributed by atoms with Crippen molar-refractivity contribution in [3.63, 3.8) is 0 Å². The fraction of sp³-hybridized carbons (Fsp3) is 0.222. The Bertz CT molecular complexity index is 545. The molecule has 0 saturated heterocycles. The van der Waals surface area contributed by atoms with Crippen LogP contribution in [-0.4, -0.2) is 32.2 Å². The maximum absolute atomic E-state index is 12.1. The van der Waals surface area contributed by atoms with Crippen LogP contribution in [0.2, 0.25) is 0 Å². The van der Waals surface area contributed by atoms with Crippen molar-refractivity contribution in [3.8, 4) is 0 Å². The number of hydrogen-bond donors (Lipinski definition) is 1. The van der Waals surface area contributed by atoms with Crippen molar-refractivity contribution >= 4 is 47.8 Å². The first-order valence-electron chi connectivity index (χ1n) is 4.45. The van der Waals surface area contributed by atoms with Gasteiger partial charge in [0.1, 0.15) is 0 Å². The van der Waals surface area contributed by atoms with Crippen LogP contribution in [0.1, 0.15) is 0 Å².